The predicted octanol–water partition coefficient (Wildman–Crippen LogP) is 3.13. The summed E-state index contributed by atoms with van der Waals surface area (Å²) in [5.74, 6) is 0.999. The Morgan fingerprint density at radius 1 is 1.32 bits per heavy atom. The number of nitrogens with zero attached hydrogens (tertiary/aromatic N) is 2. The Balaban J connectivity index is 1.96. The van der Waals surface area contributed by atoms with Gasteiger partial charge in [0.05, 0.1) is 13.4 Å². The molecule has 8 heteroatoms. The van der Waals surface area contributed by atoms with Gasteiger partial charge in [-0.25, -0.2) is 4.98 Å². The molecule has 0 aliphatic carbocycles. The van der Waals surface area contributed by atoms with Crippen LogP contribution in [0.4, 0.5) is 0 Å². The number of aromatic nitrogens is 2. The van der Waals surface area contributed by atoms with Gasteiger partial charge in [-0.05, 0) is 45.9 Å². The van der Waals surface area contributed by atoms with Gasteiger partial charge >= 0.3 is 0 Å². The molecule has 7 nitrogen and oxygen atoms in total. The predicted molar refractivity (Wildman–Crippen MR) is 113 cm³/mol. The van der Waals surface area contributed by atoms with Crippen LogP contribution >= 0.6 is 15.9 Å². The lowest BCUT2D eigenvalue weighted by atomic mass is 10.1. The average Bonchev–Trinajstić information content (AvgIpc) is 3.13. The monoisotopic (exact) mass is 452 g/mol. The SMILES string of the molecule is COc1ccc(Br)c(CNCCCn2ccnc2)c1OCC(=O)NC(C)(C)C. The van der Waals surface area contributed by atoms with Crippen molar-refractivity contribution in [1.29, 1.82) is 0 Å². The first-order valence-electron chi connectivity index (χ1n) is 9.26. The molecular weight excluding hydrogens is 424 g/mol. The van der Waals surface area contributed by atoms with Gasteiger partial charge in [0.2, 0.25) is 0 Å². The van der Waals surface area contributed by atoms with Gasteiger partial charge in [-0.15, -0.1) is 0 Å². The second-order valence-electron chi connectivity index (χ2n) is 7.48. The lowest BCUT2D eigenvalue weighted by Gasteiger charge is -2.21. The van der Waals surface area contributed by atoms with Crippen molar-refractivity contribution in [2.75, 3.05) is 20.3 Å². The highest BCUT2D eigenvalue weighted by molar-refractivity contribution is 9.10. The maximum Gasteiger partial charge on any atom is 0.258 e. The van der Waals surface area contributed by atoms with Crippen LogP contribution in [0, 0.1) is 0 Å². The summed E-state index contributed by atoms with van der Waals surface area (Å²) in [7, 11) is 1.59. The number of benzene rings is 1. The highest BCUT2D eigenvalue weighted by Gasteiger charge is 2.18. The van der Waals surface area contributed by atoms with Crippen molar-refractivity contribution < 1.29 is 14.3 Å². The summed E-state index contributed by atoms with van der Waals surface area (Å²) < 4.78 is 14.2. The number of rotatable bonds is 10. The number of amides is 1. The fourth-order valence-corrected chi connectivity index (χ4v) is 3.13. The minimum Gasteiger partial charge on any atom is -0.493 e. The molecule has 0 spiro atoms. The highest BCUT2D eigenvalue weighted by atomic mass is 79.9. The molecule has 0 bridgehead atoms. The fraction of sp³-hybridized carbons (Fsp3) is 0.500. The summed E-state index contributed by atoms with van der Waals surface area (Å²) in [6.45, 7) is 8.07. The Labute approximate surface area is 174 Å². The molecule has 154 valence electrons. The number of halogens is 1. The van der Waals surface area contributed by atoms with Crippen LogP contribution in [0.5, 0.6) is 11.5 Å². The van der Waals surface area contributed by atoms with E-state index in [4.69, 9.17) is 9.47 Å². The Hall–Kier alpha value is -2.06. The largest absolute Gasteiger partial charge is 0.493 e. The second-order valence-corrected chi connectivity index (χ2v) is 8.33. The van der Waals surface area contributed by atoms with E-state index in [2.05, 4.69) is 31.5 Å². The van der Waals surface area contributed by atoms with E-state index in [1.807, 2.05) is 50.0 Å². The molecule has 2 N–H and O–H groups in total. The van der Waals surface area contributed by atoms with Crippen molar-refractivity contribution in [3.63, 3.8) is 0 Å². The van der Waals surface area contributed by atoms with Gasteiger partial charge in [-0.3, -0.25) is 4.79 Å². The average molecular weight is 453 g/mol. The van der Waals surface area contributed by atoms with Crippen molar-refractivity contribution in [3.05, 3.63) is 40.9 Å². The topological polar surface area (TPSA) is 77.4 Å². The number of carbonyl (C=O) groups is 1. The Morgan fingerprint density at radius 3 is 2.75 bits per heavy atom. The van der Waals surface area contributed by atoms with Crippen molar-refractivity contribution in [1.82, 2.24) is 20.2 Å². The number of hydrogen-bond acceptors (Lipinski definition) is 5. The lowest BCUT2D eigenvalue weighted by Crippen LogP contribution is -2.43. The molecule has 28 heavy (non-hydrogen) atoms. The summed E-state index contributed by atoms with van der Waals surface area (Å²) in [5.41, 5.74) is 0.618. The van der Waals surface area contributed by atoms with Gasteiger partial charge < -0.3 is 24.7 Å². The molecule has 2 aromatic rings. The zero-order chi connectivity index (χ0) is 20.6. The third-order valence-corrected chi connectivity index (χ3v) is 4.62. The van der Waals surface area contributed by atoms with E-state index < -0.39 is 0 Å². The van der Waals surface area contributed by atoms with E-state index in [-0.39, 0.29) is 18.1 Å². The number of imidazole rings is 1. The smallest absolute Gasteiger partial charge is 0.258 e. The zero-order valence-electron chi connectivity index (χ0n) is 16.9. The van der Waals surface area contributed by atoms with Crippen LogP contribution in [0.1, 0.15) is 32.8 Å². The van der Waals surface area contributed by atoms with E-state index in [9.17, 15) is 4.79 Å². The Morgan fingerprint density at radius 2 is 2.11 bits per heavy atom. The number of ether oxygens (including phenoxy) is 2. The molecule has 1 amide bonds. The summed E-state index contributed by atoms with van der Waals surface area (Å²) in [5, 5.41) is 6.32. The van der Waals surface area contributed by atoms with E-state index in [0.717, 1.165) is 29.5 Å². The third kappa shape index (κ3) is 7.16. The summed E-state index contributed by atoms with van der Waals surface area (Å²) in [6, 6.07) is 3.74. The third-order valence-electron chi connectivity index (χ3n) is 3.88. The Kier molecular flexibility index (Phi) is 8.32. The first-order chi connectivity index (χ1) is 13.3. The van der Waals surface area contributed by atoms with Crippen LogP contribution in [-0.4, -0.2) is 41.3 Å². The van der Waals surface area contributed by atoms with Crippen LogP contribution in [0.3, 0.4) is 0 Å². The fourth-order valence-electron chi connectivity index (χ4n) is 2.68. The van der Waals surface area contributed by atoms with Gasteiger partial charge in [-0.1, -0.05) is 15.9 Å². The molecule has 1 aromatic carbocycles. The second kappa shape index (κ2) is 10.5. The molecule has 0 saturated carbocycles. The maximum atomic E-state index is 12.1. The first kappa shape index (κ1) is 22.2. The molecule has 0 fully saturated rings. The number of carbonyl (C=O) groups excluding carboxylic acids is 1. The van der Waals surface area contributed by atoms with Gasteiger partial charge in [0, 0.05) is 41.1 Å². The Bertz CT molecular complexity index is 758. The van der Waals surface area contributed by atoms with Crippen LogP contribution in [0.15, 0.2) is 35.3 Å². The molecule has 0 aliphatic rings. The minimum atomic E-state index is -0.304. The maximum absolute atomic E-state index is 12.1. The van der Waals surface area contributed by atoms with Crippen LogP contribution < -0.4 is 20.1 Å². The summed E-state index contributed by atoms with van der Waals surface area (Å²) in [4.78, 5) is 16.2. The van der Waals surface area contributed by atoms with Gasteiger partial charge in [-0.2, -0.15) is 0 Å². The summed E-state index contributed by atoms with van der Waals surface area (Å²) >= 11 is 3.58. The van der Waals surface area contributed by atoms with Crippen LogP contribution in [0.2, 0.25) is 0 Å². The molecule has 0 unspecified atom stereocenters. The quantitative estimate of drug-likeness (QED) is 0.541. The van der Waals surface area contributed by atoms with E-state index in [0.29, 0.717) is 18.0 Å². The molecule has 2 rings (SSSR count). The standard InChI is InChI=1S/C20H29BrN4O3/c1-20(2,3)24-18(26)13-28-19-15(16(21)6-7-17(19)27-4)12-22-8-5-10-25-11-9-23-14-25/h6-7,9,11,14,22H,5,8,10,12-13H2,1-4H3,(H,24,26). The number of nitrogens with one attached hydrogen (secondary N) is 2. The number of methoxy groups -OCH3 is 1. The summed E-state index contributed by atoms with van der Waals surface area (Å²) in [6.07, 6.45) is 6.52. The number of hydrogen-bond donors (Lipinski definition) is 2. The van der Waals surface area contributed by atoms with Crippen molar-refractivity contribution in [2.24, 2.45) is 0 Å². The zero-order valence-corrected chi connectivity index (χ0v) is 18.5. The van der Waals surface area contributed by atoms with Crippen LogP contribution in [-0.2, 0) is 17.9 Å². The lowest BCUT2D eigenvalue weighted by molar-refractivity contribution is -0.124. The highest BCUT2D eigenvalue weighted by Crippen LogP contribution is 2.36. The molecule has 1 aromatic heterocycles. The molecular formula is C20H29BrN4O3. The first-order valence-corrected chi connectivity index (χ1v) is 10.0. The van der Waals surface area contributed by atoms with Crippen molar-refractivity contribution in [3.8, 4) is 11.5 Å². The van der Waals surface area contributed by atoms with E-state index in [1.54, 1.807) is 13.3 Å². The van der Waals surface area contributed by atoms with Gasteiger partial charge in [0.25, 0.3) is 5.91 Å². The van der Waals surface area contributed by atoms with Gasteiger partial charge in [0.1, 0.15) is 0 Å². The molecule has 0 radical (unpaired) electrons. The van der Waals surface area contributed by atoms with Crippen molar-refractivity contribution >= 4 is 21.8 Å². The molecule has 0 aliphatic heterocycles. The molecule has 1 heterocycles. The molecule has 0 saturated heterocycles. The number of aryl methyl sites for hydroxylation is 1. The molecule has 0 atom stereocenters. The van der Waals surface area contributed by atoms with E-state index in [1.165, 1.54) is 0 Å². The minimum absolute atomic E-state index is 0.0717. The van der Waals surface area contributed by atoms with Gasteiger partial charge in [0.15, 0.2) is 18.1 Å². The van der Waals surface area contributed by atoms with Crippen LogP contribution in [0.25, 0.3) is 0 Å². The normalized spacial score (nSPS) is 11.3. The van der Waals surface area contributed by atoms with E-state index >= 15 is 0 Å². The van der Waals surface area contributed by atoms with Crippen molar-refractivity contribution in [2.45, 2.75) is 45.8 Å².